The Labute approximate surface area is 309 Å². The molecule has 1 unspecified atom stereocenters. The van der Waals surface area contributed by atoms with Crippen molar-refractivity contribution in [3.05, 3.63) is 84.7 Å². The second-order valence-corrected chi connectivity index (χ2v) is 25.2. The summed E-state index contributed by atoms with van der Waals surface area (Å²) < 4.78 is 37.2. The van der Waals surface area contributed by atoms with Gasteiger partial charge < -0.3 is 13.4 Å². The Balaban J connectivity index is 1.90. The van der Waals surface area contributed by atoms with Gasteiger partial charge in [-0.25, -0.2) is 0 Å². The summed E-state index contributed by atoms with van der Waals surface area (Å²) in [5, 5.41) is 1.42. The molecular formula is C43H69O4PSi2. The SMILES string of the molecule is C=C1C[C@H]2[C@@H](C(=C[C@H](C[C@H](C)CCCC)C(C)(C)C)O[SiH](C)C)[C@H](C(C)(C)C)C[C@@]2(O[SiH](C)C)C1OP(=O)(c1ccccc1)c1ccccc1. The van der Waals surface area contributed by atoms with Crippen LogP contribution in [0.25, 0.3) is 0 Å². The molecule has 0 spiro atoms. The van der Waals surface area contributed by atoms with Crippen LogP contribution in [-0.2, 0) is 17.9 Å². The average molecular weight is 737 g/mol. The molecule has 2 aromatic carbocycles. The number of hydrogen-bond acceptors (Lipinski definition) is 4. The molecule has 278 valence electrons. The van der Waals surface area contributed by atoms with E-state index in [-0.39, 0.29) is 22.7 Å². The van der Waals surface area contributed by atoms with Gasteiger partial charge in [0.25, 0.3) is 7.37 Å². The quantitative estimate of drug-likeness (QED) is 0.0790. The van der Waals surface area contributed by atoms with E-state index in [0.29, 0.717) is 28.4 Å². The highest BCUT2D eigenvalue weighted by atomic mass is 31.2. The van der Waals surface area contributed by atoms with E-state index >= 15 is 4.57 Å². The molecule has 2 aliphatic carbocycles. The van der Waals surface area contributed by atoms with Crippen LogP contribution in [0, 0.1) is 40.4 Å². The van der Waals surface area contributed by atoms with E-state index in [2.05, 4.69) is 94.2 Å². The third kappa shape index (κ3) is 9.26. The largest absolute Gasteiger partial charge is 0.550 e. The zero-order valence-corrected chi connectivity index (χ0v) is 36.7. The first-order valence-electron chi connectivity index (χ1n) is 19.5. The average Bonchev–Trinajstić information content (AvgIpc) is 3.48. The lowest BCUT2D eigenvalue weighted by Gasteiger charge is -2.40. The molecule has 2 saturated carbocycles. The lowest BCUT2D eigenvalue weighted by molar-refractivity contribution is -0.0325. The van der Waals surface area contributed by atoms with Crippen LogP contribution in [-0.4, -0.2) is 29.8 Å². The summed E-state index contributed by atoms with van der Waals surface area (Å²) in [6.07, 6.45) is 8.62. The summed E-state index contributed by atoms with van der Waals surface area (Å²) in [6, 6.07) is 19.5. The minimum Gasteiger partial charge on any atom is -0.550 e. The molecule has 0 radical (unpaired) electrons. The topological polar surface area (TPSA) is 44.8 Å². The van der Waals surface area contributed by atoms with E-state index in [1.54, 1.807) is 0 Å². The Hall–Kier alpha value is -1.70. The van der Waals surface area contributed by atoms with E-state index in [4.69, 9.17) is 13.4 Å². The van der Waals surface area contributed by atoms with Crippen LogP contribution in [0.5, 0.6) is 0 Å². The van der Waals surface area contributed by atoms with Crippen molar-refractivity contribution in [2.24, 2.45) is 40.4 Å². The monoisotopic (exact) mass is 736 g/mol. The van der Waals surface area contributed by atoms with E-state index < -0.39 is 37.2 Å². The van der Waals surface area contributed by atoms with Crippen molar-refractivity contribution in [2.75, 3.05) is 0 Å². The molecule has 2 aromatic rings. The highest BCUT2D eigenvalue weighted by molar-refractivity contribution is 7.74. The normalized spacial score (nSPS) is 26.0. The fraction of sp³-hybridized carbons (Fsp3) is 0.628. The van der Waals surface area contributed by atoms with Gasteiger partial charge in [0.1, 0.15) is 6.10 Å². The Kier molecular flexibility index (Phi) is 13.6. The molecule has 0 saturated heterocycles. The lowest BCUT2D eigenvalue weighted by atomic mass is 9.70. The smallest absolute Gasteiger partial charge is 0.261 e. The first-order chi connectivity index (χ1) is 23.3. The molecule has 0 N–H and O–H groups in total. The van der Waals surface area contributed by atoms with Gasteiger partial charge in [0.05, 0.1) is 11.4 Å². The van der Waals surface area contributed by atoms with Crippen molar-refractivity contribution in [2.45, 2.75) is 132 Å². The van der Waals surface area contributed by atoms with Gasteiger partial charge in [-0.3, -0.25) is 4.57 Å². The summed E-state index contributed by atoms with van der Waals surface area (Å²) in [6.45, 7) is 32.9. The van der Waals surface area contributed by atoms with Gasteiger partial charge in [-0.1, -0.05) is 118 Å². The molecular weight excluding hydrogens is 668 g/mol. The minimum atomic E-state index is -3.51. The van der Waals surface area contributed by atoms with Gasteiger partial charge in [0, 0.05) is 22.4 Å². The van der Waals surface area contributed by atoms with Gasteiger partial charge >= 0.3 is 0 Å². The van der Waals surface area contributed by atoms with Gasteiger partial charge in [0.2, 0.25) is 9.04 Å². The molecule has 4 rings (SSSR count). The molecule has 7 heteroatoms. The van der Waals surface area contributed by atoms with Gasteiger partial charge in [-0.15, -0.1) is 0 Å². The zero-order valence-electron chi connectivity index (χ0n) is 33.5. The number of unbranched alkanes of at least 4 members (excludes halogenated alkanes) is 1. The predicted molar refractivity (Wildman–Crippen MR) is 220 cm³/mol. The number of hydrogen-bond donors (Lipinski definition) is 0. The van der Waals surface area contributed by atoms with Crippen LogP contribution in [0.4, 0.5) is 0 Å². The predicted octanol–water partition coefficient (Wildman–Crippen LogP) is 11.1. The maximum atomic E-state index is 15.5. The van der Waals surface area contributed by atoms with Crippen molar-refractivity contribution in [3.63, 3.8) is 0 Å². The van der Waals surface area contributed by atoms with Crippen molar-refractivity contribution in [1.82, 2.24) is 0 Å². The van der Waals surface area contributed by atoms with Gasteiger partial charge in [-0.2, -0.15) is 0 Å². The fourth-order valence-electron chi connectivity index (χ4n) is 8.73. The minimum absolute atomic E-state index is 0.00896. The van der Waals surface area contributed by atoms with E-state index in [1.165, 1.54) is 25.0 Å². The first-order valence-corrected chi connectivity index (χ1v) is 26.7. The standard InChI is InChI=1S/C43H69O4PSi2/c1-14-15-22-31(2)27-33(41(4,5)6)29-38(46-49(10)11)39-36-28-32(3)40(43(36,47-50(12)13)30-37(39)42(7,8)9)45-48(44,34-23-18-16-19-24-34)35-25-20-17-21-26-35/h16-21,23-26,29,31,33,36-37,39-40,49-50H,3,14-15,22,27-28,30H2,1-2,4-13H3/t31-,33+,36+,37-,39-,40?,43+/m1/s1. The van der Waals surface area contributed by atoms with Crippen LogP contribution < -0.4 is 10.6 Å². The maximum Gasteiger partial charge on any atom is 0.261 e. The second kappa shape index (κ2) is 16.5. The number of benzene rings is 2. The van der Waals surface area contributed by atoms with Crippen molar-refractivity contribution >= 4 is 36.1 Å². The molecule has 7 atom stereocenters. The van der Waals surface area contributed by atoms with E-state index in [0.717, 1.165) is 24.8 Å². The summed E-state index contributed by atoms with van der Waals surface area (Å²) in [5.74, 6) is 2.80. The van der Waals surface area contributed by atoms with E-state index in [9.17, 15) is 0 Å². The van der Waals surface area contributed by atoms with Crippen LogP contribution in [0.1, 0.15) is 93.9 Å². The molecule has 0 aliphatic heterocycles. The summed E-state index contributed by atoms with van der Waals surface area (Å²) in [7, 11) is -6.58. The van der Waals surface area contributed by atoms with Crippen molar-refractivity contribution in [3.8, 4) is 0 Å². The fourth-order valence-corrected chi connectivity index (χ4v) is 13.1. The van der Waals surface area contributed by atoms with Crippen LogP contribution in [0.2, 0.25) is 26.2 Å². The third-order valence-electron chi connectivity index (χ3n) is 11.2. The molecule has 4 nitrogen and oxygen atoms in total. The zero-order chi connectivity index (χ0) is 37.1. The molecule has 0 heterocycles. The molecule has 2 fully saturated rings. The van der Waals surface area contributed by atoms with Gasteiger partial charge in [0.15, 0.2) is 9.04 Å². The van der Waals surface area contributed by atoms with Crippen molar-refractivity contribution < 1.29 is 17.9 Å². The first kappa shape index (κ1) is 41.1. The highest BCUT2D eigenvalue weighted by Gasteiger charge is 2.66. The van der Waals surface area contributed by atoms with Crippen LogP contribution in [0.15, 0.2) is 84.7 Å². The Morgan fingerprint density at radius 1 is 0.960 bits per heavy atom. The van der Waals surface area contributed by atoms with Gasteiger partial charge in [-0.05, 0) is 110 Å². The van der Waals surface area contributed by atoms with Crippen LogP contribution >= 0.6 is 7.37 Å². The Bertz CT molecular complexity index is 1430. The third-order valence-corrected chi connectivity index (χ3v) is 15.3. The van der Waals surface area contributed by atoms with Crippen LogP contribution in [0.3, 0.4) is 0 Å². The molecule has 2 aliphatic rings. The van der Waals surface area contributed by atoms with Crippen molar-refractivity contribution in [1.29, 1.82) is 0 Å². The summed E-state index contributed by atoms with van der Waals surface area (Å²) >= 11 is 0. The Morgan fingerprint density at radius 3 is 1.98 bits per heavy atom. The molecule has 0 bridgehead atoms. The number of fused-ring (bicyclic) bond motifs is 1. The Morgan fingerprint density at radius 2 is 1.52 bits per heavy atom. The number of allylic oxidation sites excluding steroid dienone is 2. The maximum absolute atomic E-state index is 15.5. The van der Waals surface area contributed by atoms with E-state index in [1.807, 2.05) is 60.7 Å². The molecule has 50 heavy (non-hydrogen) atoms. The second-order valence-electron chi connectivity index (χ2n) is 18.2. The number of rotatable bonds is 15. The highest BCUT2D eigenvalue weighted by Crippen LogP contribution is 2.65. The summed E-state index contributed by atoms with van der Waals surface area (Å²) in [5.41, 5.74) is 0.456. The lowest BCUT2D eigenvalue weighted by Crippen LogP contribution is -2.48. The molecule has 0 aromatic heterocycles. The molecule has 0 amide bonds. The summed E-state index contributed by atoms with van der Waals surface area (Å²) in [4.78, 5) is 0.